The minimum absolute atomic E-state index is 0.0924. The summed E-state index contributed by atoms with van der Waals surface area (Å²) in [5, 5.41) is 7.50. The van der Waals surface area contributed by atoms with Gasteiger partial charge >= 0.3 is 0 Å². The number of hydrogen-bond acceptors (Lipinski definition) is 4. The number of aromatic amines is 1. The second-order valence-corrected chi connectivity index (χ2v) is 8.46. The van der Waals surface area contributed by atoms with Crippen molar-refractivity contribution in [1.82, 2.24) is 29.5 Å². The third-order valence-corrected chi connectivity index (χ3v) is 6.08. The van der Waals surface area contributed by atoms with Gasteiger partial charge in [-0.3, -0.25) is 9.89 Å². The number of aryl methyl sites for hydroxylation is 2. The summed E-state index contributed by atoms with van der Waals surface area (Å²) in [5.41, 5.74) is 2.98. The summed E-state index contributed by atoms with van der Waals surface area (Å²) in [7, 11) is 4.21. The minimum Gasteiger partial charge on any atom is -0.337 e. The van der Waals surface area contributed by atoms with Crippen molar-refractivity contribution in [3.63, 3.8) is 0 Å². The number of fused-ring (bicyclic) bond motifs is 1. The highest BCUT2D eigenvalue weighted by molar-refractivity contribution is 5.94. The van der Waals surface area contributed by atoms with Gasteiger partial charge in [0.15, 0.2) is 5.69 Å². The Morgan fingerprint density at radius 3 is 3.00 bits per heavy atom. The SMILES string of the molecule is CN(C)CCCn1ccnc1[C@H]1CCCN(C(=O)c2n[nH]c3c2CCCC3)C1. The fraction of sp³-hybridized carbons (Fsp3) is 0.667. The summed E-state index contributed by atoms with van der Waals surface area (Å²) < 4.78 is 2.28. The Morgan fingerprint density at radius 1 is 1.29 bits per heavy atom. The average Bonchev–Trinajstić information content (AvgIpc) is 3.34. The monoisotopic (exact) mass is 384 g/mol. The van der Waals surface area contributed by atoms with Gasteiger partial charge in [-0.15, -0.1) is 0 Å². The summed E-state index contributed by atoms with van der Waals surface area (Å²) in [6.45, 7) is 3.60. The van der Waals surface area contributed by atoms with Gasteiger partial charge in [0.1, 0.15) is 5.82 Å². The summed E-state index contributed by atoms with van der Waals surface area (Å²) in [6, 6.07) is 0. The van der Waals surface area contributed by atoms with E-state index in [1.165, 1.54) is 12.1 Å². The van der Waals surface area contributed by atoms with E-state index >= 15 is 0 Å². The molecule has 2 aliphatic rings. The molecule has 0 radical (unpaired) electrons. The number of imidazole rings is 1. The van der Waals surface area contributed by atoms with Crippen molar-refractivity contribution < 1.29 is 4.79 Å². The van der Waals surface area contributed by atoms with Crippen molar-refractivity contribution in [2.45, 2.75) is 57.4 Å². The van der Waals surface area contributed by atoms with Crippen LogP contribution >= 0.6 is 0 Å². The molecule has 0 spiro atoms. The molecule has 152 valence electrons. The van der Waals surface area contributed by atoms with Gasteiger partial charge < -0.3 is 14.4 Å². The highest BCUT2D eigenvalue weighted by Crippen LogP contribution is 2.29. The molecule has 2 aromatic heterocycles. The Hall–Kier alpha value is -2.15. The van der Waals surface area contributed by atoms with Crippen LogP contribution in [-0.4, -0.2) is 69.2 Å². The van der Waals surface area contributed by atoms with Crippen molar-refractivity contribution in [3.8, 4) is 0 Å². The second-order valence-electron chi connectivity index (χ2n) is 8.46. The fourth-order valence-corrected chi connectivity index (χ4v) is 4.61. The molecule has 0 aromatic carbocycles. The van der Waals surface area contributed by atoms with Crippen LogP contribution in [0.1, 0.15) is 65.6 Å². The van der Waals surface area contributed by atoms with Gasteiger partial charge in [-0.1, -0.05) is 0 Å². The first-order chi connectivity index (χ1) is 13.6. The van der Waals surface area contributed by atoms with Crippen LogP contribution < -0.4 is 0 Å². The van der Waals surface area contributed by atoms with Crippen molar-refractivity contribution in [1.29, 1.82) is 0 Å². The second kappa shape index (κ2) is 8.47. The van der Waals surface area contributed by atoms with Gasteiger partial charge in [-0.05, 0) is 65.6 Å². The van der Waals surface area contributed by atoms with E-state index in [1.807, 2.05) is 11.1 Å². The molecule has 3 heterocycles. The lowest BCUT2D eigenvalue weighted by Gasteiger charge is -2.32. The summed E-state index contributed by atoms with van der Waals surface area (Å²) >= 11 is 0. The van der Waals surface area contributed by atoms with E-state index in [2.05, 4.69) is 44.9 Å². The number of piperidine rings is 1. The van der Waals surface area contributed by atoms with Crippen molar-refractivity contribution in [3.05, 3.63) is 35.2 Å². The van der Waals surface area contributed by atoms with Crippen LogP contribution in [0.25, 0.3) is 0 Å². The molecule has 1 N–H and O–H groups in total. The average molecular weight is 385 g/mol. The molecule has 0 bridgehead atoms. The smallest absolute Gasteiger partial charge is 0.274 e. The number of likely N-dealkylation sites (tertiary alicyclic amines) is 1. The van der Waals surface area contributed by atoms with Crippen LogP contribution in [0.4, 0.5) is 0 Å². The fourth-order valence-electron chi connectivity index (χ4n) is 4.61. The molecule has 4 rings (SSSR count). The number of carbonyl (C=O) groups is 1. The maximum atomic E-state index is 13.2. The molecule has 1 fully saturated rings. The predicted octanol–water partition coefficient (Wildman–Crippen LogP) is 2.46. The molecule has 1 amide bonds. The Bertz CT molecular complexity index is 808. The van der Waals surface area contributed by atoms with Gasteiger partial charge in [0.2, 0.25) is 0 Å². The van der Waals surface area contributed by atoms with E-state index in [-0.39, 0.29) is 5.91 Å². The molecule has 0 unspecified atom stereocenters. The number of H-pyrrole nitrogens is 1. The Kier molecular flexibility index (Phi) is 5.80. The minimum atomic E-state index is 0.0924. The summed E-state index contributed by atoms with van der Waals surface area (Å²) in [5.74, 6) is 1.52. The van der Waals surface area contributed by atoms with Crippen LogP contribution in [0, 0.1) is 0 Å². The molecule has 1 aliphatic carbocycles. The number of rotatable bonds is 6. The molecule has 0 saturated carbocycles. The number of nitrogens with one attached hydrogen (secondary N) is 1. The summed E-state index contributed by atoms with van der Waals surface area (Å²) in [4.78, 5) is 22.1. The number of carbonyl (C=O) groups excluding carboxylic acids is 1. The Labute approximate surface area is 167 Å². The molecule has 7 nitrogen and oxygen atoms in total. The molecule has 28 heavy (non-hydrogen) atoms. The zero-order valence-corrected chi connectivity index (χ0v) is 17.2. The summed E-state index contributed by atoms with van der Waals surface area (Å²) in [6.07, 6.45) is 11.5. The number of aromatic nitrogens is 4. The van der Waals surface area contributed by atoms with Crippen molar-refractivity contribution >= 4 is 5.91 Å². The highest BCUT2D eigenvalue weighted by atomic mass is 16.2. The van der Waals surface area contributed by atoms with E-state index in [1.54, 1.807) is 0 Å². The maximum absolute atomic E-state index is 13.2. The molecule has 1 aliphatic heterocycles. The lowest BCUT2D eigenvalue weighted by molar-refractivity contribution is 0.0696. The van der Waals surface area contributed by atoms with Crippen LogP contribution in [0.3, 0.4) is 0 Å². The van der Waals surface area contributed by atoms with E-state index in [9.17, 15) is 4.79 Å². The van der Waals surface area contributed by atoms with Gasteiger partial charge in [0.25, 0.3) is 5.91 Å². The molecular weight excluding hydrogens is 352 g/mol. The Balaban J connectivity index is 1.44. The van der Waals surface area contributed by atoms with Crippen molar-refractivity contribution in [2.75, 3.05) is 33.7 Å². The normalized spacial score (nSPS) is 19.8. The zero-order chi connectivity index (χ0) is 19.5. The third kappa shape index (κ3) is 3.99. The predicted molar refractivity (Wildman–Crippen MR) is 109 cm³/mol. The third-order valence-electron chi connectivity index (χ3n) is 6.08. The zero-order valence-electron chi connectivity index (χ0n) is 17.2. The van der Waals surface area contributed by atoms with E-state index in [0.717, 1.165) is 76.1 Å². The molecule has 1 saturated heterocycles. The number of nitrogens with zero attached hydrogens (tertiary/aromatic N) is 5. The first kappa shape index (κ1) is 19.2. The van der Waals surface area contributed by atoms with Gasteiger partial charge in [0, 0.05) is 49.2 Å². The van der Waals surface area contributed by atoms with Gasteiger partial charge in [0.05, 0.1) is 0 Å². The lowest BCUT2D eigenvalue weighted by atomic mass is 9.94. The maximum Gasteiger partial charge on any atom is 0.274 e. The van der Waals surface area contributed by atoms with E-state index < -0.39 is 0 Å². The molecule has 2 aromatic rings. The first-order valence-corrected chi connectivity index (χ1v) is 10.6. The molecule has 7 heteroatoms. The van der Waals surface area contributed by atoms with Gasteiger partial charge in [-0.25, -0.2) is 4.98 Å². The lowest BCUT2D eigenvalue weighted by Crippen LogP contribution is -2.40. The Morgan fingerprint density at radius 2 is 2.14 bits per heavy atom. The van der Waals surface area contributed by atoms with E-state index in [0.29, 0.717) is 11.6 Å². The van der Waals surface area contributed by atoms with Gasteiger partial charge in [-0.2, -0.15) is 5.10 Å². The first-order valence-electron chi connectivity index (χ1n) is 10.6. The van der Waals surface area contributed by atoms with Crippen LogP contribution in [-0.2, 0) is 19.4 Å². The van der Waals surface area contributed by atoms with E-state index in [4.69, 9.17) is 0 Å². The standard InChI is InChI=1S/C21H32N6O/c1-25(2)11-6-13-26-14-10-22-20(26)16-7-5-12-27(15-16)21(28)19-17-8-3-4-9-18(17)23-24-19/h10,14,16H,3-9,11-13,15H2,1-2H3,(H,23,24)/t16-/m0/s1. The van der Waals surface area contributed by atoms with Crippen molar-refractivity contribution in [2.24, 2.45) is 0 Å². The van der Waals surface area contributed by atoms with Crippen LogP contribution in [0.2, 0.25) is 0 Å². The number of amides is 1. The number of hydrogen-bond donors (Lipinski definition) is 1. The quantitative estimate of drug-likeness (QED) is 0.831. The topological polar surface area (TPSA) is 70.1 Å². The highest BCUT2D eigenvalue weighted by Gasteiger charge is 2.31. The van der Waals surface area contributed by atoms with Crippen LogP contribution in [0.5, 0.6) is 0 Å². The molecular formula is C21H32N6O. The van der Waals surface area contributed by atoms with Crippen LogP contribution in [0.15, 0.2) is 12.4 Å². The largest absolute Gasteiger partial charge is 0.337 e. The molecule has 1 atom stereocenters.